The standard InChI is InChI=1S/C25H21ClN2O4/c1-3-13-32-22-12-11-16-7-4-5-8-17(16)18(22)14-19-23(29)27-25(31)28(24(19)30)21-10-6-9-20(26)15(21)2/h4-12,14H,3,13H2,1-2H3,(H,27,29,31)/b19-14+. The van der Waals surface area contributed by atoms with Gasteiger partial charge in [-0.15, -0.1) is 0 Å². The predicted octanol–water partition coefficient (Wildman–Crippen LogP) is 5.26. The summed E-state index contributed by atoms with van der Waals surface area (Å²) in [6, 6.07) is 15.5. The highest BCUT2D eigenvalue weighted by atomic mass is 35.5. The van der Waals surface area contributed by atoms with Crippen LogP contribution in [0.15, 0.2) is 60.2 Å². The molecule has 0 unspecified atom stereocenters. The summed E-state index contributed by atoms with van der Waals surface area (Å²) in [7, 11) is 0. The van der Waals surface area contributed by atoms with Crippen molar-refractivity contribution >= 4 is 52.0 Å². The second-order valence-electron chi connectivity index (χ2n) is 7.39. The highest BCUT2D eigenvalue weighted by Gasteiger charge is 2.38. The van der Waals surface area contributed by atoms with Crippen LogP contribution in [0.5, 0.6) is 5.75 Å². The van der Waals surface area contributed by atoms with E-state index in [2.05, 4.69) is 5.32 Å². The molecule has 0 bridgehead atoms. The average molecular weight is 449 g/mol. The van der Waals surface area contributed by atoms with E-state index in [-0.39, 0.29) is 5.57 Å². The average Bonchev–Trinajstić information content (AvgIpc) is 2.78. The number of ether oxygens (including phenoxy) is 1. The van der Waals surface area contributed by atoms with Crippen LogP contribution in [0.3, 0.4) is 0 Å². The summed E-state index contributed by atoms with van der Waals surface area (Å²) < 4.78 is 5.89. The van der Waals surface area contributed by atoms with Crippen LogP contribution in [0, 0.1) is 6.92 Å². The SMILES string of the molecule is CCCOc1ccc2ccccc2c1/C=C1\C(=O)NC(=O)N(c2cccc(Cl)c2C)C1=O. The number of carbonyl (C=O) groups is 3. The van der Waals surface area contributed by atoms with Crippen LogP contribution in [0.25, 0.3) is 16.8 Å². The number of nitrogens with zero attached hydrogens (tertiary/aromatic N) is 1. The molecule has 0 atom stereocenters. The smallest absolute Gasteiger partial charge is 0.335 e. The minimum atomic E-state index is -0.817. The Morgan fingerprint density at radius 1 is 1.03 bits per heavy atom. The first-order valence-corrected chi connectivity index (χ1v) is 10.6. The molecule has 1 fully saturated rings. The summed E-state index contributed by atoms with van der Waals surface area (Å²) >= 11 is 6.19. The van der Waals surface area contributed by atoms with Crippen molar-refractivity contribution < 1.29 is 19.1 Å². The molecular weight excluding hydrogens is 428 g/mol. The molecule has 162 valence electrons. The number of rotatable bonds is 5. The first-order chi connectivity index (χ1) is 15.4. The molecule has 1 saturated heterocycles. The molecule has 7 heteroatoms. The number of imide groups is 2. The molecular formula is C25H21ClN2O4. The van der Waals surface area contributed by atoms with Crippen molar-refractivity contribution in [1.29, 1.82) is 0 Å². The van der Waals surface area contributed by atoms with Crippen molar-refractivity contribution in [3.05, 3.63) is 76.3 Å². The fourth-order valence-electron chi connectivity index (χ4n) is 3.62. The molecule has 4 amide bonds. The number of carbonyl (C=O) groups excluding carboxylic acids is 3. The number of anilines is 1. The number of hydrogen-bond donors (Lipinski definition) is 1. The summed E-state index contributed by atoms with van der Waals surface area (Å²) in [5.74, 6) is -0.926. The second-order valence-corrected chi connectivity index (χ2v) is 7.80. The third kappa shape index (κ3) is 3.85. The van der Waals surface area contributed by atoms with E-state index >= 15 is 0 Å². The minimum absolute atomic E-state index is 0.165. The zero-order chi connectivity index (χ0) is 22.8. The maximum atomic E-state index is 13.4. The maximum absolute atomic E-state index is 13.4. The first-order valence-electron chi connectivity index (χ1n) is 10.2. The van der Waals surface area contributed by atoms with E-state index in [0.717, 1.165) is 22.1 Å². The summed E-state index contributed by atoms with van der Waals surface area (Å²) in [6.07, 6.45) is 2.29. The molecule has 4 rings (SSSR count). The Kier molecular flexibility index (Phi) is 5.97. The topological polar surface area (TPSA) is 75.7 Å². The van der Waals surface area contributed by atoms with Gasteiger partial charge < -0.3 is 4.74 Å². The molecule has 1 aliphatic heterocycles. The lowest BCUT2D eigenvalue weighted by molar-refractivity contribution is -0.122. The molecule has 1 aliphatic rings. The summed E-state index contributed by atoms with van der Waals surface area (Å²) in [4.78, 5) is 39.6. The number of barbiturate groups is 1. The minimum Gasteiger partial charge on any atom is -0.493 e. The van der Waals surface area contributed by atoms with Crippen LogP contribution >= 0.6 is 11.6 Å². The zero-order valence-corrected chi connectivity index (χ0v) is 18.4. The number of amides is 4. The lowest BCUT2D eigenvalue weighted by Crippen LogP contribution is -2.54. The van der Waals surface area contributed by atoms with E-state index in [9.17, 15) is 14.4 Å². The normalized spacial score (nSPS) is 15.4. The van der Waals surface area contributed by atoms with Gasteiger partial charge in [0.05, 0.1) is 12.3 Å². The van der Waals surface area contributed by atoms with Crippen LogP contribution in [0.1, 0.15) is 24.5 Å². The van der Waals surface area contributed by atoms with Gasteiger partial charge in [0.2, 0.25) is 0 Å². The van der Waals surface area contributed by atoms with E-state index in [0.29, 0.717) is 34.2 Å². The fraction of sp³-hybridized carbons (Fsp3) is 0.160. The molecule has 0 aliphatic carbocycles. The largest absolute Gasteiger partial charge is 0.493 e. The Morgan fingerprint density at radius 2 is 1.81 bits per heavy atom. The van der Waals surface area contributed by atoms with Gasteiger partial charge in [-0.25, -0.2) is 9.69 Å². The summed E-state index contributed by atoms with van der Waals surface area (Å²) in [5, 5.41) is 4.44. The van der Waals surface area contributed by atoms with Crippen molar-refractivity contribution in [3.63, 3.8) is 0 Å². The van der Waals surface area contributed by atoms with Crippen LogP contribution in [-0.2, 0) is 9.59 Å². The van der Waals surface area contributed by atoms with Crippen LogP contribution in [0.4, 0.5) is 10.5 Å². The molecule has 1 heterocycles. The van der Waals surface area contributed by atoms with E-state index in [1.165, 1.54) is 6.08 Å². The molecule has 3 aromatic rings. The third-order valence-corrected chi connectivity index (χ3v) is 5.67. The first kappa shape index (κ1) is 21.6. The molecule has 1 N–H and O–H groups in total. The van der Waals surface area contributed by atoms with Crippen molar-refractivity contribution in [2.24, 2.45) is 0 Å². The van der Waals surface area contributed by atoms with Gasteiger partial charge in [-0.2, -0.15) is 0 Å². The van der Waals surface area contributed by atoms with Gasteiger partial charge in [-0.05, 0) is 54.0 Å². The van der Waals surface area contributed by atoms with Gasteiger partial charge in [0, 0.05) is 10.6 Å². The predicted molar refractivity (Wildman–Crippen MR) is 125 cm³/mol. The number of urea groups is 1. The Balaban J connectivity index is 1.87. The number of fused-ring (bicyclic) bond motifs is 1. The van der Waals surface area contributed by atoms with Gasteiger partial charge in [-0.3, -0.25) is 14.9 Å². The molecule has 0 spiro atoms. The van der Waals surface area contributed by atoms with Crippen molar-refractivity contribution in [2.75, 3.05) is 11.5 Å². The molecule has 3 aromatic carbocycles. The van der Waals surface area contributed by atoms with Gasteiger partial charge in [0.1, 0.15) is 11.3 Å². The van der Waals surface area contributed by atoms with Crippen molar-refractivity contribution in [3.8, 4) is 5.75 Å². The van der Waals surface area contributed by atoms with Gasteiger partial charge in [-0.1, -0.05) is 54.9 Å². The van der Waals surface area contributed by atoms with Crippen molar-refractivity contribution in [1.82, 2.24) is 5.32 Å². The lowest BCUT2D eigenvalue weighted by Gasteiger charge is -2.28. The summed E-state index contributed by atoms with van der Waals surface area (Å²) in [6.45, 7) is 4.19. The third-order valence-electron chi connectivity index (χ3n) is 5.26. The highest BCUT2D eigenvalue weighted by molar-refractivity contribution is 6.40. The maximum Gasteiger partial charge on any atom is 0.335 e. The Morgan fingerprint density at radius 3 is 2.59 bits per heavy atom. The molecule has 6 nitrogen and oxygen atoms in total. The zero-order valence-electron chi connectivity index (χ0n) is 17.6. The highest BCUT2D eigenvalue weighted by Crippen LogP contribution is 2.33. The molecule has 0 radical (unpaired) electrons. The van der Waals surface area contributed by atoms with Crippen LogP contribution in [0.2, 0.25) is 5.02 Å². The molecule has 32 heavy (non-hydrogen) atoms. The van der Waals surface area contributed by atoms with Crippen LogP contribution in [-0.4, -0.2) is 24.5 Å². The van der Waals surface area contributed by atoms with Crippen molar-refractivity contribution in [2.45, 2.75) is 20.3 Å². The lowest BCUT2D eigenvalue weighted by atomic mass is 9.99. The van der Waals surface area contributed by atoms with Crippen LogP contribution < -0.4 is 15.0 Å². The molecule has 0 saturated carbocycles. The van der Waals surface area contributed by atoms with E-state index < -0.39 is 17.8 Å². The van der Waals surface area contributed by atoms with Gasteiger partial charge >= 0.3 is 6.03 Å². The van der Waals surface area contributed by atoms with Gasteiger partial charge in [0.15, 0.2) is 0 Å². The molecule has 0 aromatic heterocycles. The summed E-state index contributed by atoms with van der Waals surface area (Å²) in [5.41, 5.74) is 1.32. The number of halogens is 1. The Labute approximate surface area is 190 Å². The van der Waals surface area contributed by atoms with E-state index in [1.54, 1.807) is 25.1 Å². The second kappa shape index (κ2) is 8.85. The number of nitrogens with one attached hydrogen (secondary N) is 1. The Bertz CT molecular complexity index is 1280. The quantitative estimate of drug-likeness (QED) is 0.427. The van der Waals surface area contributed by atoms with E-state index in [1.807, 2.05) is 43.3 Å². The van der Waals surface area contributed by atoms with Gasteiger partial charge in [0.25, 0.3) is 11.8 Å². The fourth-order valence-corrected chi connectivity index (χ4v) is 3.79. The number of benzene rings is 3. The monoisotopic (exact) mass is 448 g/mol. The van der Waals surface area contributed by atoms with E-state index in [4.69, 9.17) is 16.3 Å². The Hall–Kier alpha value is -3.64. The number of hydrogen-bond acceptors (Lipinski definition) is 4.